The van der Waals surface area contributed by atoms with Gasteiger partial charge in [0, 0.05) is 38.8 Å². The van der Waals surface area contributed by atoms with Crippen LogP contribution in [0.3, 0.4) is 0 Å². The van der Waals surface area contributed by atoms with E-state index in [-0.39, 0.29) is 0 Å². The number of nitrogens with one attached hydrogen (secondary N) is 2. The molecule has 1 atom stereocenters. The summed E-state index contributed by atoms with van der Waals surface area (Å²) in [6.07, 6.45) is 0.997. The van der Waals surface area contributed by atoms with Crippen molar-refractivity contribution in [1.82, 2.24) is 10.6 Å². The van der Waals surface area contributed by atoms with E-state index in [0.29, 0.717) is 11.8 Å². The first kappa shape index (κ1) is 19.0. The van der Waals surface area contributed by atoms with Gasteiger partial charge < -0.3 is 15.4 Å². The Morgan fingerprint density at radius 3 is 2.77 bits per heavy atom. The standard InChI is InChI=1S/C17H31N3OS/c1-5-18-17(19-8-6-9-21-12-14(2)3)20-11-15(4)16-7-10-22-13-16/h7,10,13-15H,5-6,8-9,11-12H2,1-4H3,(H2,18,19,20). The summed E-state index contributed by atoms with van der Waals surface area (Å²) >= 11 is 1.74. The molecule has 0 saturated carbocycles. The molecule has 1 aromatic rings. The number of ether oxygens (including phenoxy) is 1. The number of thiophene rings is 1. The van der Waals surface area contributed by atoms with Crippen LogP contribution < -0.4 is 10.6 Å². The normalized spacial score (nSPS) is 13.4. The minimum absolute atomic E-state index is 0.455. The van der Waals surface area contributed by atoms with Crippen molar-refractivity contribution < 1.29 is 4.74 Å². The predicted octanol–water partition coefficient (Wildman–Crippen LogP) is 3.47. The van der Waals surface area contributed by atoms with E-state index < -0.39 is 0 Å². The van der Waals surface area contributed by atoms with E-state index in [4.69, 9.17) is 4.74 Å². The van der Waals surface area contributed by atoms with Crippen molar-refractivity contribution >= 4 is 17.3 Å². The SMILES string of the molecule is CCNC(=NCC(C)c1ccsc1)NCCCOCC(C)C. The van der Waals surface area contributed by atoms with Crippen molar-refractivity contribution in [1.29, 1.82) is 0 Å². The van der Waals surface area contributed by atoms with Gasteiger partial charge in [-0.15, -0.1) is 0 Å². The van der Waals surface area contributed by atoms with Gasteiger partial charge in [-0.2, -0.15) is 11.3 Å². The zero-order chi connectivity index (χ0) is 16.2. The molecule has 1 unspecified atom stereocenters. The van der Waals surface area contributed by atoms with Crippen molar-refractivity contribution in [3.8, 4) is 0 Å². The van der Waals surface area contributed by atoms with Crippen LogP contribution in [0.5, 0.6) is 0 Å². The van der Waals surface area contributed by atoms with Gasteiger partial charge in [0.25, 0.3) is 0 Å². The number of hydrogen-bond acceptors (Lipinski definition) is 3. The highest BCUT2D eigenvalue weighted by Gasteiger charge is 2.05. The molecule has 126 valence electrons. The number of nitrogens with zero attached hydrogens (tertiary/aromatic N) is 1. The first-order chi connectivity index (χ1) is 10.6. The van der Waals surface area contributed by atoms with Gasteiger partial charge in [0.15, 0.2) is 5.96 Å². The minimum atomic E-state index is 0.455. The highest BCUT2D eigenvalue weighted by atomic mass is 32.1. The van der Waals surface area contributed by atoms with Crippen LogP contribution in [0.25, 0.3) is 0 Å². The Bertz CT molecular complexity index is 404. The lowest BCUT2D eigenvalue weighted by Crippen LogP contribution is -2.38. The monoisotopic (exact) mass is 325 g/mol. The highest BCUT2D eigenvalue weighted by Crippen LogP contribution is 2.18. The zero-order valence-corrected chi connectivity index (χ0v) is 15.2. The van der Waals surface area contributed by atoms with Crippen LogP contribution in [0, 0.1) is 5.92 Å². The molecule has 0 aliphatic carbocycles. The molecule has 2 N–H and O–H groups in total. The molecule has 0 amide bonds. The maximum atomic E-state index is 5.58. The van der Waals surface area contributed by atoms with Crippen molar-refractivity contribution in [2.45, 2.75) is 40.0 Å². The zero-order valence-electron chi connectivity index (χ0n) is 14.4. The Hall–Kier alpha value is -1.07. The molecule has 0 saturated heterocycles. The molecular formula is C17H31N3OS. The van der Waals surface area contributed by atoms with Crippen LogP contribution >= 0.6 is 11.3 Å². The van der Waals surface area contributed by atoms with Crippen LogP contribution in [0.1, 0.15) is 45.6 Å². The maximum absolute atomic E-state index is 5.58. The van der Waals surface area contributed by atoms with Crippen molar-refractivity contribution in [2.24, 2.45) is 10.9 Å². The van der Waals surface area contributed by atoms with Gasteiger partial charge in [0.05, 0.1) is 0 Å². The van der Waals surface area contributed by atoms with E-state index in [2.05, 4.69) is 60.1 Å². The van der Waals surface area contributed by atoms with Gasteiger partial charge in [0.2, 0.25) is 0 Å². The van der Waals surface area contributed by atoms with E-state index in [1.165, 1.54) is 5.56 Å². The second-order valence-electron chi connectivity index (χ2n) is 5.93. The topological polar surface area (TPSA) is 45.7 Å². The van der Waals surface area contributed by atoms with Gasteiger partial charge in [0.1, 0.15) is 0 Å². The lowest BCUT2D eigenvalue weighted by molar-refractivity contribution is 0.108. The largest absolute Gasteiger partial charge is 0.381 e. The molecule has 22 heavy (non-hydrogen) atoms. The van der Waals surface area contributed by atoms with Crippen molar-refractivity contribution in [3.05, 3.63) is 22.4 Å². The van der Waals surface area contributed by atoms with E-state index in [1.807, 2.05) is 0 Å². The lowest BCUT2D eigenvalue weighted by Gasteiger charge is -2.13. The molecule has 0 spiro atoms. The first-order valence-corrected chi connectivity index (χ1v) is 9.19. The summed E-state index contributed by atoms with van der Waals surface area (Å²) in [5.74, 6) is 1.95. The van der Waals surface area contributed by atoms with Crippen LogP contribution in [0.15, 0.2) is 21.8 Å². The minimum Gasteiger partial charge on any atom is -0.381 e. The summed E-state index contributed by atoms with van der Waals surface area (Å²) in [7, 11) is 0. The molecule has 1 rings (SSSR count). The van der Waals surface area contributed by atoms with E-state index in [9.17, 15) is 0 Å². The Morgan fingerprint density at radius 1 is 1.32 bits per heavy atom. The average molecular weight is 326 g/mol. The Morgan fingerprint density at radius 2 is 2.14 bits per heavy atom. The molecule has 5 heteroatoms. The molecule has 0 aromatic carbocycles. The number of hydrogen-bond donors (Lipinski definition) is 2. The van der Waals surface area contributed by atoms with Crippen LogP contribution in [-0.2, 0) is 4.74 Å². The summed E-state index contributed by atoms with van der Waals surface area (Å²) in [6, 6.07) is 2.18. The van der Waals surface area contributed by atoms with Crippen molar-refractivity contribution in [3.63, 3.8) is 0 Å². The third kappa shape index (κ3) is 8.39. The molecule has 0 fully saturated rings. The van der Waals surface area contributed by atoms with Crippen molar-refractivity contribution in [2.75, 3.05) is 32.8 Å². The number of rotatable bonds is 10. The molecule has 0 radical (unpaired) electrons. The molecular weight excluding hydrogens is 294 g/mol. The molecule has 0 aliphatic rings. The molecule has 0 aliphatic heterocycles. The van der Waals surface area contributed by atoms with Gasteiger partial charge in [-0.25, -0.2) is 0 Å². The second-order valence-corrected chi connectivity index (χ2v) is 6.71. The first-order valence-electron chi connectivity index (χ1n) is 8.25. The quantitative estimate of drug-likeness (QED) is 0.393. The number of aliphatic imine (C=N–C) groups is 1. The summed E-state index contributed by atoms with van der Waals surface area (Å²) in [4.78, 5) is 4.67. The average Bonchev–Trinajstić information content (AvgIpc) is 3.01. The van der Waals surface area contributed by atoms with Crippen LogP contribution in [-0.4, -0.2) is 38.8 Å². The van der Waals surface area contributed by atoms with Gasteiger partial charge in [-0.1, -0.05) is 20.8 Å². The van der Waals surface area contributed by atoms with Gasteiger partial charge in [-0.05, 0) is 41.7 Å². The van der Waals surface area contributed by atoms with E-state index in [0.717, 1.165) is 45.2 Å². The third-order valence-electron chi connectivity index (χ3n) is 3.19. The highest BCUT2D eigenvalue weighted by molar-refractivity contribution is 7.07. The smallest absolute Gasteiger partial charge is 0.191 e. The summed E-state index contributed by atoms with van der Waals surface area (Å²) in [5.41, 5.74) is 1.37. The van der Waals surface area contributed by atoms with E-state index >= 15 is 0 Å². The van der Waals surface area contributed by atoms with Crippen LogP contribution in [0.4, 0.5) is 0 Å². The van der Waals surface area contributed by atoms with E-state index in [1.54, 1.807) is 11.3 Å². The summed E-state index contributed by atoms with van der Waals surface area (Å²) < 4.78 is 5.58. The summed E-state index contributed by atoms with van der Waals surface area (Å²) in [5, 5.41) is 11.0. The molecule has 0 bridgehead atoms. The Balaban J connectivity index is 2.27. The molecule has 1 aromatic heterocycles. The molecule has 4 nitrogen and oxygen atoms in total. The Kier molecular flexibility index (Phi) is 9.91. The number of guanidine groups is 1. The fourth-order valence-electron chi connectivity index (χ4n) is 1.93. The fourth-order valence-corrected chi connectivity index (χ4v) is 2.71. The van der Waals surface area contributed by atoms with Crippen LogP contribution in [0.2, 0.25) is 0 Å². The maximum Gasteiger partial charge on any atom is 0.191 e. The third-order valence-corrected chi connectivity index (χ3v) is 3.89. The second kappa shape index (κ2) is 11.5. The Labute approximate surface area is 139 Å². The van der Waals surface area contributed by atoms with Gasteiger partial charge >= 0.3 is 0 Å². The molecule has 1 heterocycles. The summed E-state index contributed by atoms with van der Waals surface area (Å²) in [6.45, 7) is 12.9. The fraction of sp³-hybridized carbons (Fsp3) is 0.706. The van der Waals surface area contributed by atoms with Gasteiger partial charge in [-0.3, -0.25) is 4.99 Å². The predicted molar refractivity (Wildman–Crippen MR) is 97.0 cm³/mol. The lowest BCUT2D eigenvalue weighted by atomic mass is 10.1.